The summed E-state index contributed by atoms with van der Waals surface area (Å²) in [5, 5.41) is 5.05. The standard InChI is InChI=1S/C19H23N3O2S/c1-3-4-11-20-18(23)10-7-15-13-25-19-21-17(12-22(15)19)14-5-8-16(24-2)9-6-14/h5-6,8-9,12-13H,3-4,7,10-11H2,1-2H3,(H,20,23). The fourth-order valence-electron chi connectivity index (χ4n) is 2.64. The highest BCUT2D eigenvalue weighted by Gasteiger charge is 2.11. The number of methoxy groups -OCH3 is 1. The van der Waals surface area contributed by atoms with Gasteiger partial charge in [0.15, 0.2) is 4.96 Å². The Hall–Kier alpha value is -2.34. The van der Waals surface area contributed by atoms with E-state index in [4.69, 9.17) is 4.74 Å². The Labute approximate surface area is 151 Å². The molecule has 0 saturated heterocycles. The predicted octanol–water partition coefficient (Wildman–Crippen LogP) is 3.92. The Bertz CT molecular complexity index is 836. The molecule has 1 amide bonds. The van der Waals surface area contributed by atoms with Crippen molar-refractivity contribution in [2.45, 2.75) is 32.6 Å². The Balaban J connectivity index is 1.68. The minimum absolute atomic E-state index is 0.114. The van der Waals surface area contributed by atoms with Crippen LogP contribution in [0.5, 0.6) is 5.75 Å². The summed E-state index contributed by atoms with van der Waals surface area (Å²) in [6, 6.07) is 7.88. The number of ether oxygens (including phenoxy) is 1. The number of benzene rings is 1. The van der Waals surface area contributed by atoms with E-state index in [0.29, 0.717) is 6.42 Å². The average Bonchev–Trinajstić information content (AvgIpc) is 3.21. The van der Waals surface area contributed by atoms with Crippen molar-refractivity contribution in [3.63, 3.8) is 0 Å². The van der Waals surface area contributed by atoms with Gasteiger partial charge in [-0.1, -0.05) is 13.3 Å². The van der Waals surface area contributed by atoms with E-state index >= 15 is 0 Å². The van der Waals surface area contributed by atoms with E-state index in [2.05, 4.69) is 27.0 Å². The van der Waals surface area contributed by atoms with Crippen LogP contribution in [0, 0.1) is 0 Å². The van der Waals surface area contributed by atoms with E-state index in [0.717, 1.165) is 53.5 Å². The molecule has 0 saturated carbocycles. The van der Waals surface area contributed by atoms with Crippen molar-refractivity contribution < 1.29 is 9.53 Å². The minimum Gasteiger partial charge on any atom is -0.497 e. The molecule has 0 aliphatic rings. The molecule has 1 N–H and O–H groups in total. The van der Waals surface area contributed by atoms with Crippen LogP contribution in [0.15, 0.2) is 35.8 Å². The maximum atomic E-state index is 11.9. The number of hydrogen-bond acceptors (Lipinski definition) is 4. The van der Waals surface area contributed by atoms with Crippen molar-refractivity contribution in [1.29, 1.82) is 0 Å². The van der Waals surface area contributed by atoms with Crippen LogP contribution in [0.1, 0.15) is 31.9 Å². The number of imidazole rings is 1. The van der Waals surface area contributed by atoms with E-state index in [1.807, 2.05) is 30.5 Å². The number of carbonyl (C=O) groups excluding carboxylic acids is 1. The van der Waals surface area contributed by atoms with Crippen LogP contribution in [-0.4, -0.2) is 28.9 Å². The third-order valence-electron chi connectivity index (χ3n) is 4.13. The minimum atomic E-state index is 0.114. The highest BCUT2D eigenvalue weighted by molar-refractivity contribution is 7.15. The third kappa shape index (κ3) is 4.20. The number of hydrogen-bond donors (Lipinski definition) is 1. The van der Waals surface area contributed by atoms with Crippen LogP contribution in [0.2, 0.25) is 0 Å². The lowest BCUT2D eigenvalue weighted by Gasteiger charge is -2.03. The summed E-state index contributed by atoms with van der Waals surface area (Å²) in [6.07, 6.45) is 5.38. The van der Waals surface area contributed by atoms with Crippen molar-refractivity contribution in [2.24, 2.45) is 0 Å². The van der Waals surface area contributed by atoms with Gasteiger partial charge in [0.2, 0.25) is 5.91 Å². The van der Waals surface area contributed by atoms with Gasteiger partial charge in [-0.25, -0.2) is 4.98 Å². The van der Waals surface area contributed by atoms with Crippen LogP contribution >= 0.6 is 11.3 Å². The average molecular weight is 357 g/mol. The van der Waals surface area contributed by atoms with E-state index in [-0.39, 0.29) is 5.91 Å². The lowest BCUT2D eigenvalue weighted by Crippen LogP contribution is -2.24. The number of rotatable bonds is 8. The Morgan fingerprint density at radius 3 is 2.84 bits per heavy atom. The first-order valence-corrected chi connectivity index (χ1v) is 9.46. The zero-order valence-corrected chi connectivity index (χ0v) is 15.4. The van der Waals surface area contributed by atoms with Crippen LogP contribution < -0.4 is 10.1 Å². The molecule has 1 aromatic carbocycles. The van der Waals surface area contributed by atoms with E-state index in [1.54, 1.807) is 18.4 Å². The van der Waals surface area contributed by atoms with Crippen LogP contribution in [0.4, 0.5) is 0 Å². The van der Waals surface area contributed by atoms with Gasteiger partial charge in [-0.2, -0.15) is 0 Å². The molecule has 2 aromatic heterocycles. The van der Waals surface area contributed by atoms with Crippen LogP contribution in [-0.2, 0) is 11.2 Å². The fraction of sp³-hybridized carbons (Fsp3) is 0.368. The molecule has 2 heterocycles. The van der Waals surface area contributed by atoms with Gasteiger partial charge < -0.3 is 10.1 Å². The molecule has 0 aliphatic carbocycles. The molecule has 0 atom stereocenters. The second-order valence-corrected chi connectivity index (χ2v) is 6.77. The molecule has 6 heteroatoms. The monoisotopic (exact) mass is 357 g/mol. The fourth-order valence-corrected chi connectivity index (χ4v) is 3.55. The summed E-state index contributed by atoms with van der Waals surface area (Å²) in [5.41, 5.74) is 3.11. The zero-order valence-electron chi connectivity index (χ0n) is 14.6. The quantitative estimate of drug-likeness (QED) is 0.622. The van der Waals surface area contributed by atoms with Crippen molar-refractivity contribution in [1.82, 2.24) is 14.7 Å². The molecule has 0 radical (unpaired) electrons. The Morgan fingerprint density at radius 1 is 1.32 bits per heavy atom. The molecule has 0 spiro atoms. The van der Waals surface area contributed by atoms with Crippen LogP contribution in [0.3, 0.4) is 0 Å². The second-order valence-electron chi connectivity index (χ2n) is 5.94. The molecule has 132 valence electrons. The van der Waals surface area contributed by atoms with Gasteiger partial charge in [-0.15, -0.1) is 11.3 Å². The second kappa shape index (κ2) is 8.16. The number of aryl methyl sites for hydroxylation is 1. The van der Waals surface area contributed by atoms with Gasteiger partial charge >= 0.3 is 0 Å². The van der Waals surface area contributed by atoms with Gasteiger partial charge in [0.1, 0.15) is 5.75 Å². The topological polar surface area (TPSA) is 55.6 Å². The van der Waals surface area contributed by atoms with Gasteiger partial charge in [0.25, 0.3) is 0 Å². The first-order valence-electron chi connectivity index (χ1n) is 8.58. The molecular formula is C19H23N3O2S. The number of unbranched alkanes of at least 4 members (excludes halogenated alkanes) is 1. The van der Waals surface area contributed by atoms with Crippen molar-refractivity contribution in [3.05, 3.63) is 41.5 Å². The summed E-state index contributed by atoms with van der Waals surface area (Å²) in [5.74, 6) is 0.947. The normalized spacial score (nSPS) is 11.0. The summed E-state index contributed by atoms with van der Waals surface area (Å²) in [6.45, 7) is 2.88. The molecular weight excluding hydrogens is 334 g/mol. The van der Waals surface area contributed by atoms with E-state index in [9.17, 15) is 4.79 Å². The number of carbonyl (C=O) groups is 1. The number of nitrogens with zero attached hydrogens (tertiary/aromatic N) is 2. The van der Waals surface area contributed by atoms with Crippen molar-refractivity contribution >= 4 is 22.2 Å². The largest absolute Gasteiger partial charge is 0.497 e. The molecule has 25 heavy (non-hydrogen) atoms. The number of fused-ring (bicyclic) bond motifs is 1. The van der Waals surface area contributed by atoms with E-state index < -0.39 is 0 Å². The molecule has 0 aliphatic heterocycles. The molecule has 3 aromatic rings. The lowest BCUT2D eigenvalue weighted by atomic mass is 10.1. The smallest absolute Gasteiger partial charge is 0.220 e. The van der Waals surface area contributed by atoms with Gasteiger partial charge in [0.05, 0.1) is 12.8 Å². The summed E-state index contributed by atoms with van der Waals surface area (Å²) in [4.78, 5) is 17.5. The number of aromatic nitrogens is 2. The SMILES string of the molecule is CCCCNC(=O)CCc1csc2nc(-c3ccc(OC)cc3)cn12. The molecule has 0 unspecified atom stereocenters. The molecule has 0 bridgehead atoms. The highest BCUT2D eigenvalue weighted by atomic mass is 32.1. The van der Waals surface area contributed by atoms with Crippen molar-refractivity contribution in [3.8, 4) is 17.0 Å². The lowest BCUT2D eigenvalue weighted by molar-refractivity contribution is -0.121. The third-order valence-corrected chi connectivity index (χ3v) is 5.02. The van der Waals surface area contributed by atoms with Gasteiger partial charge in [-0.05, 0) is 37.1 Å². The summed E-state index contributed by atoms with van der Waals surface area (Å²) >= 11 is 1.61. The van der Waals surface area contributed by atoms with E-state index in [1.165, 1.54) is 0 Å². The Kier molecular flexibility index (Phi) is 5.71. The summed E-state index contributed by atoms with van der Waals surface area (Å²) in [7, 11) is 1.66. The van der Waals surface area contributed by atoms with Gasteiger partial charge in [0, 0.05) is 35.8 Å². The molecule has 5 nitrogen and oxygen atoms in total. The summed E-state index contributed by atoms with van der Waals surface area (Å²) < 4.78 is 7.28. The number of thiazole rings is 1. The Morgan fingerprint density at radius 2 is 2.12 bits per heavy atom. The number of nitrogens with one attached hydrogen (secondary N) is 1. The molecule has 3 rings (SSSR count). The molecule has 0 fully saturated rings. The first-order chi connectivity index (χ1) is 12.2. The maximum absolute atomic E-state index is 11.9. The zero-order chi connectivity index (χ0) is 17.6. The van der Waals surface area contributed by atoms with Crippen LogP contribution in [0.25, 0.3) is 16.2 Å². The predicted molar refractivity (Wildman–Crippen MR) is 101 cm³/mol. The van der Waals surface area contributed by atoms with Gasteiger partial charge in [-0.3, -0.25) is 9.20 Å². The highest BCUT2D eigenvalue weighted by Crippen LogP contribution is 2.25. The first kappa shape index (κ1) is 17.5. The van der Waals surface area contributed by atoms with Crippen molar-refractivity contribution in [2.75, 3.05) is 13.7 Å². The maximum Gasteiger partial charge on any atom is 0.220 e. The number of amides is 1.